The summed E-state index contributed by atoms with van der Waals surface area (Å²) in [5.41, 5.74) is 0. The third kappa shape index (κ3) is 3.93. The Hall–Kier alpha value is -1.23. The molecular weight excluding hydrogens is 269 g/mol. The van der Waals surface area contributed by atoms with Gasteiger partial charge in [-0.1, -0.05) is 0 Å². The predicted octanol–water partition coefficient (Wildman–Crippen LogP) is 3.22. The number of alkyl halides is 2. The van der Waals surface area contributed by atoms with E-state index < -0.39 is 35.6 Å². The quantitative estimate of drug-likeness (QED) is 0.607. The van der Waals surface area contributed by atoms with Crippen molar-refractivity contribution in [1.29, 1.82) is 0 Å². The molecule has 0 radical (unpaired) electrons. The molecule has 0 saturated heterocycles. The Morgan fingerprint density at radius 1 is 1.18 bits per heavy atom. The van der Waals surface area contributed by atoms with Crippen molar-refractivity contribution < 1.29 is 31.1 Å². The fraction of sp³-hybridized carbons (Fsp3) is 0.111. The summed E-state index contributed by atoms with van der Waals surface area (Å²) in [6, 6.07) is 1.41. The molecular formula is C9H5F6OP. The number of halogens is 6. The Morgan fingerprint density at radius 3 is 2.06 bits per heavy atom. The normalized spacial score (nSPS) is 11.2. The van der Waals surface area contributed by atoms with Gasteiger partial charge in [0.2, 0.25) is 0 Å². The van der Waals surface area contributed by atoms with Gasteiger partial charge in [0, 0.05) is 0 Å². The molecule has 1 unspecified atom stereocenters. The highest BCUT2D eigenvalue weighted by atomic mass is 31.0. The van der Waals surface area contributed by atoms with Crippen molar-refractivity contribution in [2.75, 3.05) is 0 Å². The number of ether oxygens (including phenoxy) is 1. The number of benzene rings is 1. The third-order valence-electron chi connectivity index (χ3n) is 1.54. The molecule has 1 atom stereocenters. The lowest BCUT2D eigenvalue weighted by molar-refractivity contribution is -0.137. The zero-order valence-corrected chi connectivity index (χ0v) is 9.14. The van der Waals surface area contributed by atoms with Crippen LogP contribution in [0.2, 0.25) is 0 Å². The molecule has 0 amide bonds. The van der Waals surface area contributed by atoms with E-state index in [1.165, 1.54) is 0 Å². The van der Waals surface area contributed by atoms with E-state index >= 15 is 0 Å². The second-order valence-corrected chi connectivity index (χ2v) is 3.58. The van der Waals surface area contributed by atoms with E-state index in [0.717, 1.165) is 0 Å². The lowest BCUT2D eigenvalue weighted by Gasteiger charge is -2.15. The Morgan fingerprint density at radius 2 is 1.65 bits per heavy atom. The van der Waals surface area contributed by atoms with Crippen molar-refractivity contribution in [3.8, 4) is 5.75 Å². The van der Waals surface area contributed by atoms with Crippen LogP contribution >= 0.6 is 9.24 Å². The van der Waals surface area contributed by atoms with Crippen molar-refractivity contribution in [2.45, 2.75) is 6.11 Å². The van der Waals surface area contributed by atoms with Crippen LogP contribution in [0.5, 0.6) is 5.75 Å². The minimum Gasteiger partial charge on any atom is -0.423 e. The lowest BCUT2D eigenvalue weighted by Crippen LogP contribution is -2.23. The summed E-state index contributed by atoms with van der Waals surface area (Å²) in [5.74, 6) is -4.25. The van der Waals surface area contributed by atoms with Crippen molar-refractivity contribution in [1.82, 2.24) is 0 Å². The van der Waals surface area contributed by atoms with Gasteiger partial charge in [0.1, 0.15) is 0 Å². The van der Waals surface area contributed by atoms with Gasteiger partial charge in [-0.05, 0) is 17.4 Å². The molecule has 0 fully saturated rings. The number of hydrogen-bond acceptors (Lipinski definition) is 1. The van der Waals surface area contributed by atoms with Gasteiger partial charge in [0.15, 0.2) is 17.4 Å². The summed E-state index contributed by atoms with van der Waals surface area (Å²) in [6.07, 6.45) is -8.07. The molecule has 0 aliphatic carbocycles. The predicted molar refractivity (Wildman–Crippen MR) is 51.6 cm³/mol. The van der Waals surface area contributed by atoms with Crippen LogP contribution in [-0.2, 0) is 0 Å². The number of rotatable bonds is 3. The molecule has 1 aromatic carbocycles. The Labute approximate surface area is 94.3 Å². The van der Waals surface area contributed by atoms with E-state index in [2.05, 4.69) is 4.74 Å². The van der Waals surface area contributed by atoms with Gasteiger partial charge in [-0.2, -0.15) is 17.6 Å². The van der Waals surface area contributed by atoms with E-state index in [1.807, 2.05) is 9.24 Å². The maximum atomic E-state index is 13.1. The Bertz CT molecular complexity index is 432. The van der Waals surface area contributed by atoms with Gasteiger partial charge in [-0.3, -0.25) is 0 Å². The molecule has 0 aliphatic rings. The second-order valence-electron chi connectivity index (χ2n) is 2.91. The number of hydrogen-bond donors (Lipinski definition) is 0. The molecule has 0 saturated carbocycles. The molecule has 0 aromatic heterocycles. The largest absolute Gasteiger partial charge is 0.425 e. The maximum absolute atomic E-state index is 13.1. The van der Waals surface area contributed by atoms with Crippen LogP contribution in [0, 0.1) is 11.6 Å². The monoisotopic (exact) mass is 274 g/mol. The zero-order chi connectivity index (χ0) is 13.2. The topological polar surface area (TPSA) is 9.23 Å². The van der Waals surface area contributed by atoms with Crippen molar-refractivity contribution in [3.05, 3.63) is 35.9 Å². The first-order chi connectivity index (χ1) is 7.71. The SMILES string of the molecule is FC(F)=CC(F)(F)Oc1c(F)cc(P)cc1F. The lowest BCUT2D eigenvalue weighted by atomic mass is 10.3. The van der Waals surface area contributed by atoms with Gasteiger partial charge >= 0.3 is 6.11 Å². The first-order valence-electron chi connectivity index (χ1n) is 4.06. The van der Waals surface area contributed by atoms with E-state index in [-0.39, 0.29) is 5.30 Å². The van der Waals surface area contributed by atoms with Crippen LogP contribution in [0.4, 0.5) is 26.3 Å². The molecule has 1 aromatic rings. The van der Waals surface area contributed by atoms with Crippen molar-refractivity contribution >= 4 is 14.5 Å². The standard InChI is InChI=1S/C9H5F6OP/c10-5-1-4(17)2-6(11)8(5)16-9(14,15)3-7(12)13/h1-3H,17H2. The average molecular weight is 274 g/mol. The summed E-state index contributed by atoms with van der Waals surface area (Å²) in [6.45, 7) is 0. The molecule has 0 heterocycles. The minimum absolute atomic E-state index is 0.0582. The van der Waals surface area contributed by atoms with Gasteiger partial charge in [0.05, 0.1) is 6.08 Å². The first kappa shape index (κ1) is 13.8. The van der Waals surface area contributed by atoms with Gasteiger partial charge in [0.25, 0.3) is 6.08 Å². The fourth-order valence-electron chi connectivity index (χ4n) is 0.970. The van der Waals surface area contributed by atoms with E-state index in [0.29, 0.717) is 12.1 Å². The summed E-state index contributed by atoms with van der Waals surface area (Å²) in [4.78, 5) is 0. The van der Waals surface area contributed by atoms with Crippen LogP contribution < -0.4 is 10.0 Å². The highest BCUT2D eigenvalue weighted by Gasteiger charge is 2.33. The summed E-state index contributed by atoms with van der Waals surface area (Å²) >= 11 is 0. The summed E-state index contributed by atoms with van der Waals surface area (Å²) in [7, 11) is 1.94. The molecule has 0 bridgehead atoms. The van der Waals surface area contributed by atoms with Gasteiger partial charge in [-0.15, -0.1) is 9.24 Å². The third-order valence-corrected chi connectivity index (χ3v) is 1.87. The summed E-state index contributed by atoms with van der Waals surface area (Å²) < 4.78 is 78.3. The first-order valence-corrected chi connectivity index (χ1v) is 4.64. The molecule has 1 nitrogen and oxygen atoms in total. The summed E-state index contributed by atoms with van der Waals surface area (Å²) in [5, 5.41) is 0.0582. The minimum atomic E-state index is -4.50. The Balaban J connectivity index is 3.08. The highest BCUT2D eigenvalue weighted by Crippen LogP contribution is 2.29. The smallest absolute Gasteiger partial charge is 0.423 e. The molecule has 0 aliphatic heterocycles. The van der Waals surface area contributed by atoms with Crippen LogP contribution in [0.25, 0.3) is 0 Å². The van der Waals surface area contributed by atoms with Crippen LogP contribution in [0.3, 0.4) is 0 Å². The molecule has 94 valence electrons. The van der Waals surface area contributed by atoms with E-state index in [9.17, 15) is 26.3 Å². The zero-order valence-electron chi connectivity index (χ0n) is 7.99. The van der Waals surface area contributed by atoms with E-state index in [1.54, 1.807) is 0 Å². The van der Waals surface area contributed by atoms with E-state index in [4.69, 9.17) is 0 Å². The van der Waals surface area contributed by atoms with Crippen LogP contribution in [0.1, 0.15) is 0 Å². The van der Waals surface area contributed by atoms with Crippen molar-refractivity contribution in [3.63, 3.8) is 0 Å². The molecule has 17 heavy (non-hydrogen) atoms. The molecule has 8 heteroatoms. The van der Waals surface area contributed by atoms with Crippen molar-refractivity contribution in [2.24, 2.45) is 0 Å². The van der Waals surface area contributed by atoms with Gasteiger partial charge < -0.3 is 4.74 Å². The van der Waals surface area contributed by atoms with Gasteiger partial charge in [-0.25, -0.2) is 8.78 Å². The van der Waals surface area contributed by atoms with Crippen LogP contribution in [-0.4, -0.2) is 6.11 Å². The highest BCUT2D eigenvalue weighted by molar-refractivity contribution is 7.27. The Kier molecular flexibility index (Phi) is 4.03. The molecule has 1 rings (SSSR count). The maximum Gasteiger partial charge on any atom is 0.425 e. The molecule has 0 spiro atoms. The van der Waals surface area contributed by atoms with Crippen LogP contribution in [0.15, 0.2) is 24.3 Å². The fourth-order valence-corrected chi connectivity index (χ4v) is 1.26. The average Bonchev–Trinajstić information content (AvgIpc) is 2.09. The second kappa shape index (κ2) is 4.96. The molecule has 0 N–H and O–H groups in total.